The number of ether oxygens (including phenoxy) is 1. The molecule has 1 aromatic rings. The number of phenols is 1. The van der Waals surface area contributed by atoms with Gasteiger partial charge in [0.15, 0.2) is 6.10 Å². The number of likely N-dealkylation sites (tertiary alicyclic amines) is 1. The van der Waals surface area contributed by atoms with E-state index in [0.29, 0.717) is 36.5 Å². The Morgan fingerprint density at radius 2 is 1.94 bits per heavy atom. The van der Waals surface area contributed by atoms with Crippen LogP contribution >= 0.6 is 23.2 Å². The fourth-order valence-corrected chi connectivity index (χ4v) is 5.05. The fraction of sp³-hybridized carbons (Fsp3) is 0.619. The van der Waals surface area contributed by atoms with Crippen LogP contribution < -0.4 is 10.0 Å². The number of carbonyl (C=O) groups excluding carboxylic acids is 2. The zero-order valence-corrected chi connectivity index (χ0v) is 20.6. The molecule has 8 nitrogen and oxygen atoms in total. The first-order valence-corrected chi connectivity index (χ1v) is 12.4. The van der Waals surface area contributed by atoms with Gasteiger partial charge in [0, 0.05) is 36.1 Å². The minimum atomic E-state index is -1.39. The van der Waals surface area contributed by atoms with E-state index in [2.05, 4.69) is 10.0 Å². The maximum atomic E-state index is 12.9. The number of nitrogens with one attached hydrogen (secondary N) is 2. The molecule has 3 unspecified atom stereocenters. The van der Waals surface area contributed by atoms with Crippen molar-refractivity contribution in [3.8, 4) is 5.75 Å². The van der Waals surface area contributed by atoms with Crippen LogP contribution in [0.1, 0.15) is 45.2 Å². The molecule has 0 radical (unpaired) electrons. The van der Waals surface area contributed by atoms with E-state index in [1.54, 1.807) is 11.0 Å². The van der Waals surface area contributed by atoms with Crippen LogP contribution in [0.2, 0.25) is 10.0 Å². The number of amides is 2. The van der Waals surface area contributed by atoms with Crippen molar-refractivity contribution >= 4 is 46.4 Å². The number of aromatic hydroxyl groups is 1. The van der Waals surface area contributed by atoms with Crippen molar-refractivity contribution in [3.05, 3.63) is 27.7 Å². The van der Waals surface area contributed by atoms with Crippen LogP contribution in [-0.4, -0.2) is 63.5 Å². The van der Waals surface area contributed by atoms with E-state index in [1.807, 2.05) is 20.8 Å². The molecule has 2 aliphatic heterocycles. The van der Waals surface area contributed by atoms with Gasteiger partial charge in [0.2, 0.25) is 5.91 Å². The summed E-state index contributed by atoms with van der Waals surface area (Å²) < 4.78 is 20.9. The van der Waals surface area contributed by atoms with E-state index in [4.69, 9.17) is 27.9 Å². The van der Waals surface area contributed by atoms with Crippen molar-refractivity contribution in [2.24, 2.45) is 5.92 Å². The topological polar surface area (TPSA) is 114 Å². The predicted molar refractivity (Wildman–Crippen MR) is 124 cm³/mol. The van der Waals surface area contributed by atoms with Crippen molar-refractivity contribution in [3.63, 3.8) is 0 Å². The molecular formula is C21H29Cl2N3O5S. The summed E-state index contributed by atoms with van der Waals surface area (Å²) >= 11 is 10.9. The number of phenolic OH excluding ortho intramolecular Hbond substituents is 1. The van der Waals surface area contributed by atoms with Crippen LogP contribution in [0.3, 0.4) is 0 Å². The summed E-state index contributed by atoms with van der Waals surface area (Å²) in [6.07, 6.45) is 0.582. The van der Waals surface area contributed by atoms with Crippen molar-refractivity contribution in [2.45, 2.75) is 50.5 Å². The third-order valence-corrected chi connectivity index (χ3v) is 8.00. The maximum Gasteiger partial charge on any atom is 0.253 e. The molecular weight excluding hydrogens is 477 g/mol. The van der Waals surface area contributed by atoms with Gasteiger partial charge >= 0.3 is 0 Å². The number of carbonyl (C=O) groups is 2. The summed E-state index contributed by atoms with van der Waals surface area (Å²) in [6.45, 7) is 6.63. The third kappa shape index (κ3) is 6.01. The molecule has 11 heteroatoms. The molecule has 2 amide bonds. The highest BCUT2D eigenvalue weighted by Gasteiger charge is 2.38. The summed E-state index contributed by atoms with van der Waals surface area (Å²) in [5, 5.41) is 13.8. The van der Waals surface area contributed by atoms with Gasteiger partial charge in [0.25, 0.3) is 5.91 Å². The van der Waals surface area contributed by atoms with Gasteiger partial charge < -0.3 is 24.6 Å². The van der Waals surface area contributed by atoms with Crippen LogP contribution in [0.4, 0.5) is 0 Å². The number of piperidine rings is 1. The largest absolute Gasteiger partial charge is 0.598 e. The SMILES string of the molecule is CC(C)(C)[S+]([O-])NC(c1cc(Cl)c(Cl)cc1O)C1CCN(C(=O)C2CNC(=O)CO2)CC1. The Kier molecular flexibility index (Phi) is 8.22. The molecule has 0 spiro atoms. The van der Waals surface area contributed by atoms with Crippen LogP contribution in [0.15, 0.2) is 12.1 Å². The molecule has 32 heavy (non-hydrogen) atoms. The van der Waals surface area contributed by atoms with Crippen molar-refractivity contribution in [1.82, 2.24) is 14.9 Å². The standard InChI is InChI=1S/C21H29Cl2N3O5S/c1-21(2,3)32(30)25-19(13-8-14(22)15(23)9-16(13)27)12-4-6-26(7-5-12)20(29)17-10-24-18(28)11-31-17/h8-9,12,17,19,25,27H,4-7,10-11H2,1-3H3,(H,24,28). The highest BCUT2D eigenvalue weighted by atomic mass is 35.5. The van der Waals surface area contributed by atoms with E-state index in [0.717, 1.165) is 0 Å². The van der Waals surface area contributed by atoms with E-state index in [1.165, 1.54) is 6.07 Å². The van der Waals surface area contributed by atoms with Gasteiger partial charge in [0.05, 0.1) is 22.6 Å². The number of rotatable bonds is 5. The summed E-state index contributed by atoms with van der Waals surface area (Å²) in [7, 11) is 0. The first-order valence-electron chi connectivity index (χ1n) is 10.5. The summed E-state index contributed by atoms with van der Waals surface area (Å²) in [5.74, 6) is -0.397. The van der Waals surface area contributed by atoms with E-state index >= 15 is 0 Å². The first kappa shape index (κ1) is 25.4. The minimum absolute atomic E-state index is 0.000434. The normalized spacial score (nSPS) is 22.4. The van der Waals surface area contributed by atoms with Gasteiger partial charge in [0.1, 0.15) is 17.1 Å². The Bertz CT molecular complexity index is 849. The van der Waals surface area contributed by atoms with E-state index in [9.17, 15) is 19.2 Å². The van der Waals surface area contributed by atoms with Gasteiger partial charge in [-0.1, -0.05) is 23.2 Å². The van der Waals surface area contributed by atoms with Crippen molar-refractivity contribution in [1.29, 1.82) is 0 Å². The molecule has 2 fully saturated rings. The molecule has 2 aliphatic rings. The number of nitrogens with zero attached hydrogens (tertiary/aromatic N) is 1. The predicted octanol–water partition coefficient (Wildman–Crippen LogP) is 2.55. The molecule has 3 rings (SSSR count). The van der Waals surface area contributed by atoms with Gasteiger partial charge in [-0.05, 0) is 45.6 Å². The summed E-state index contributed by atoms with van der Waals surface area (Å²) in [5.41, 5.74) is 0.528. The second-order valence-corrected chi connectivity index (χ2v) is 11.9. The zero-order chi connectivity index (χ0) is 23.6. The first-order chi connectivity index (χ1) is 15.0. The average molecular weight is 506 g/mol. The van der Waals surface area contributed by atoms with Crippen molar-refractivity contribution in [2.75, 3.05) is 26.2 Å². The monoisotopic (exact) mass is 505 g/mol. The zero-order valence-electron chi connectivity index (χ0n) is 18.3. The van der Waals surface area contributed by atoms with E-state index in [-0.39, 0.29) is 41.7 Å². The van der Waals surface area contributed by atoms with Gasteiger partial charge in [-0.2, -0.15) is 0 Å². The Morgan fingerprint density at radius 3 is 2.50 bits per heavy atom. The fourth-order valence-electron chi connectivity index (χ4n) is 3.81. The third-order valence-electron chi connectivity index (χ3n) is 5.69. The lowest BCUT2D eigenvalue weighted by Gasteiger charge is -2.39. The average Bonchev–Trinajstić information content (AvgIpc) is 2.74. The lowest BCUT2D eigenvalue weighted by Crippen LogP contribution is -2.53. The number of hydrogen-bond donors (Lipinski definition) is 3. The number of halogens is 2. The lowest BCUT2D eigenvalue weighted by atomic mass is 9.85. The van der Waals surface area contributed by atoms with Crippen LogP contribution in [-0.2, 0) is 25.7 Å². The van der Waals surface area contributed by atoms with Crippen molar-refractivity contribution < 1.29 is 24.0 Å². The number of morpholine rings is 1. The summed E-state index contributed by atoms with van der Waals surface area (Å²) in [4.78, 5) is 25.8. The molecule has 3 N–H and O–H groups in total. The van der Waals surface area contributed by atoms with E-state index < -0.39 is 28.3 Å². The van der Waals surface area contributed by atoms with Gasteiger partial charge in [-0.25, -0.2) is 0 Å². The Labute approximate surface area is 201 Å². The lowest BCUT2D eigenvalue weighted by molar-refractivity contribution is -0.151. The smallest absolute Gasteiger partial charge is 0.253 e. The molecule has 2 heterocycles. The molecule has 0 saturated carbocycles. The molecule has 3 atom stereocenters. The molecule has 1 aromatic carbocycles. The maximum absolute atomic E-state index is 12.9. The molecule has 2 saturated heterocycles. The minimum Gasteiger partial charge on any atom is -0.598 e. The molecule has 0 aromatic heterocycles. The number of benzene rings is 1. The quantitative estimate of drug-likeness (QED) is 0.529. The highest BCUT2D eigenvalue weighted by Crippen LogP contribution is 2.40. The molecule has 0 bridgehead atoms. The highest BCUT2D eigenvalue weighted by molar-refractivity contribution is 7.90. The van der Waals surface area contributed by atoms with Gasteiger partial charge in [-0.3, -0.25) is 9.59 Å². The molecule has 0 aliphatic carbocycles. The number of hydrogen-bond acceptors (Lipinski definition) is 6. The van der Waals surface area contributed by atoms with Crippen LogP contribution in [0.25, 0.3) is 0 Å². The van der Waals surface area contributed by atoms with Crippen LogP contribution in [0, 0.1) is 5.92 Å². The molecule has 178 valence electrons. The van der Waals surface area contributed by atoms with Crippen LogP contribution in [0.5, 0.6) is 5.75 Å². The van der Waals surface area contributed by atoms with Gasteiger partial charge in [-0.15, -0.1) is 4.72 Å². The Morgan fingerprint density at radius 1 is 1.31 bits per heavy atom. The second kappa shape index (κ2) is 10.4. The second-order valence-electron chi connectivity index (χ2n) is 9.07. The Hall–Kier alpha value is -1.23. The summed E-state index contributed by atoms with van der Waals surface area (Å²) in [6, 6.07) is 2.56. The Balaban J connectivity index is 1.74.